The van der Waals surface area contributed by atoms with Crippen molar-refractivity contribution < 1.29 is 4.79 Å². The fourth-order valence-corrected chi connectivity index (χ4v) is 3.34. The number of hydrogen-bond donors (Lipinski definition) is 1. The normalized spacial score (nSPS) is 17.0. The van der Waals surface area contributed by atoms with Crippen LogP contribution in [0.25, 0.3) is 0 Å². The van der Waals surface area contributed by atoms with Crippen LogP contribution >= 0.6 is 11.8 Å². The summed E-state index contributed by atoms with van der Waals surface area (Å²) >= 11 is 1.38. The van der Waals surface area contributed by atoms with Gasteiger partial charge in [-0.3, -0.25) is 9.59 Å². The first kappa shape index (κ1) is 14.8. The SMILES string of the molecule is CSc1nc(=O)c2c(n1C)NC(=O)C[C@H]2c1ccc(C)cc1. The van der Waals surface area contributed by atoms with Gasteiger partial charge >= 0.3 is 0 Å². The van der Waals surface area contributed by atoms with Crippen LogP contribution in [-0.4, -0.2) is 21.7 Å². The third-order valence-corrected chi connectivity index (χ3v) is 4.69. The molecule has 2 heterocycles. The molecule has 1 N–H and O–H groups in total. The summed E-state index contributed by atoms with van der Waals surface area (Å²) in [5.74, 6) is 0.240. The van der Waals surface area contributed by atoms with E-state index in [9.17, 15) is 9.59 Å². The first-order valence-electron chi connectivity index (χ1n) is 7.02. The van der Waals surface area contributed by atoms with Crippen LogP contribution in [0.4, 0.5) is 5.82 Å². The molecule has 0 radical (unpaired) electrons. The highest BCUT2D eigenvalue weighted by Crippen LogP contribution is 2.35. The summed E-state index contributed by atoms with van der Waals surface area (Å²) in [6, 6.07) is 7.94. The average Bonchev–Trinajstić information content (AvgIpc) is 2.50. The molecule has 0 spiro atoms. The molecule has 1 amide bonds. The lowest BCUT2D eigenvalue weighted by atomic mass is 9.86. The van der Waals surface area contributed by atoms with Crippen LogP contribution in [0, 0.1) is 6.92 Å². The molecule has 5 nitrogen and oxygen atoms in total. The Balaban J connectivity index is 2.21. The van der Waals surface area contributed by atoms with Gasteiger partial charge in [0.2, 0.25) is 5.91 Å². The van der Waals surface area contributed by atoms with Gasteiger partial charge in [0.05, 0.1) is 5.56 Å². The molecule has 2 aromatic rings. The van der Waals surface area contributed by atoms with Crippen molar-refractivity contribution in [3.63, 3.8) is 0 Å². The van der Waals surface area contributed by atoms with Gasteiger partial charge in [0.1, 0.15) is 5.82 Å². The van der Waals surface area contributed by atoms with Gasteiger partial charge in [-0.05, 0) is 18.7 Å². The van der Waals surface area contributed by atoms with Crippen LogP contribution in [0.15, 0.2) is 34.2 Å². The fourth-order valence-electron chi connectivity index (χ4n) is 2.80. The van der Waals surface area contributed by atoms with Crippen molar-refractivity contribution in [1.82, 2.24) is 9.55 Å². The molecule has 6 heteroatoms. The van der Waals surface area contributed by atoms with Crippen molar-refractivity contribution in [1.29, 1.82) is 0 Å². The van der Waals surface area contributed by atoms with E-state index >= 15 is 0 Å². The predicted molar refractivity (Wildman–Crippen MR) is 87.5 cm³/mol. The molecule has 1 aromatic heterocycles. The molecule has 3 rings (SSSR count). The maximum Gasteiger partial charge on any atom is 0.279 e. The second-order valence-corrected chi connectivity index (χ2v) is 6.21. The maximum absolute atomic E-state index is 12.5. The third-order valence-electron chi connectivity index (χ3n) is 3.96. The minimum absolute atomic E-state index is 0.0775. The second-order valence-electron chi connectivity index (χ2n) is 5.44. The van der Waals surface area contributed by atoms with E-state index in [2.05, 4.69) is 10.3 Å². The second kappa shape index (κ2) is 5.61. The number of anilines is 1. The fraction of sp³-hybridized carbons (Fsp3) is 0.312. The molecular weight excluding hydrogens is 298 g/mol. The van der Waals surface area contributed by atoms with Crippen LogP contribution in [-0.2, 0) is 11.8 Å². The van der Waals surface area contributed by atoms with Crippen molar-refractivity contribution in [2.75, 3.05) is 11.6 Å². The van der Waals surface area contributed by atoms with Crippen molar-refractivity contribution in [3.05, 3.63) is 51.3 Å². The topological polar surface area (TPSA) is 64.0 Å². The molecule has 1 aromatic carbocycles. The zero-order chi connectivity index (χ0) is 15.9. The Hall–Kier alpha value is -2.08. The summed E-state index contributed by atoms with van der Waals surface area (Å²) in [7, 11) is 1.81. The standard InChI is InChI=1S/C16H17N3O2S/c1-9-4-6-10(7-5-9)11-8-12(20)17-14-13(11)15(21)18-16(22-3)19(14)2/h4-7,11H,8H2,1-3H3,(H,17,20)/t11-/m0/s1. The maximum atomic E-state index is 12.5. The lowest BCUT2D eigenvalue weighted by molar-refractivity contribution is -0.116. The number of nitrogens with zero attached hydrogens (tertiary/aromatic N) is 2. The van der Waals surface area contributed by atoms with E-state index in [1.54, 1.807) is 4.57 Å². The van der Waals surface area contributed by atoms with Gasteiger partial charge in [-0.1, -0.05) is 41.6 Å². The Kier molecular flexibility index (Phi) is 3.78. The van der Waals surface area contributed by atoms with E-state index in [4.69, 9.17) is 0 Å². The zero-order valence-electron chi connectivity index (χ0n) is 12.7. The summed E-state index contributed by atoms with van der Waals surface area (Å²) in [5.41, 5.74) is 2.43. The van der Waals surface area contributed by atoms with E-state index in [0.29, 0.717) is 16.5 Å². The van der Waals surface area contributed by atoms with Gasteiger partial charge in [-0.25, -0.2) is 0 Å². The van der Waals surface area contributed by atoms with Crippen LogP contribution in [0.5, 0.6) is 0 Å². The molecule has 0 unspecified atom stereocenters. The molecule has 0 saturated carbocycles. The van der Waals surface area contributed by atoms with Crippen LogP contribution in [0.1, 0.15) is 29.0 Å². The Bertz CT molecular complexity index is 796. The number of benzene rings is 1. The van der Waals surface area contributed by atoms with Gasteiger partial charge in [0.15, 0.2) is 5.16 Å². The van der Waals surface area contributed by atoms with E-state index < -0.39 is 0 Å². The highest BCUT2D eigenvalue weighted by Gasteiger charge is 2.31. The zero-order valence-corrected chi connectivity index (χ0v) is 13.5. The van der Waals surface area contributed by atoms with Crippen molar-refractivity contribution >= 4 is 23.5 Å². The van der Waals surface area contributed by atoms with E-state index in [0.717, 1.165) is 11.1 Å². The number of aryl methyl sites for hydroxylation is 1. The molecule has 0 fully saturated rings. The summed E-state index contributed by atoms with van der Waals surface area (Å²) < 4.78 is 1.78. The lowest BCUT2D eigenvalue weighted by Crippen LogP contribution is -2.33. The monoisotopic (exact) mass is 315 g/mol. The van der Waals surface area contributed by atoms with Gasteiger partial charge in [0, 0.05) is 19.4 Å². The number of carbonyl (C=O) groups is 1. The summed E-state index contributed by atoms with van der Waals surface area (Å²) in [5, 5.41) is 3.42. The quantitative estimate of drug-likeness (QED) is 0.682. The summed E-state index contributed by atoms with van der Waals surface area (Å²) in [6.07, 6.45) is 2.13. The predicted octanol–water partition coefficient (Wildman–Crippen LogP) is 2.28. The Morgan fingerprint density at radius 1 is 1.27 bits per heavy atom. The lowest BCUT2D eigenvalue weighted by Gasteiger charge is -2.27. The molecule has 0 bridgehead atoms. The largest absolute Gasteiger partial charge is 0.312 e. The average molecular weight is 315 g/mol. The molecular formula is C16H17N3O2S. The summed E-state index contributed by atoms with van der Waals surface area (Å²) in [6.45, 7) is 2.01. The number of rotatable bonds is 2. The van der Waals surface area contributed by atoms with Crippen LogP contribution in [0.3, 0.4) is 0 Å². The Morgan fingerprint density at radius 3 is 2.59 bits per heavy atom. The van der Waals surface area contributed by atoms with Gasteiger partial charge in [0.25, 0.3) is 5.56 Å². The summed E-state index contributed by atoms with van der Waals surface area (Å²) in [4.78, 5) is 28.7. The van der Waals surface area contributed by atoms with Gasteiger partial charge < -0.3 is 9.88 Å². The minimum atomic E-state index is -0.261. The van der Waals surface area contributed by atoms with Crippen LogP contribution < -0.4 is 10.9 Å². The highest BCUT2D eigenvalue weighted by molar-refractivity contribution is 7.98. The van der Waals surface area contributed by atoms with E-state index in [-0.39, 0.29) is 23.8 Å². The Labute approximate surface area is 132 Å². The van der Waals surface area contributed by atoms with E-state index in [1.165, 1.54) is 11.8 Å². The Morgan fingerprint density at radius 2 is 1.95 bits per heavy atom. The molecule has 0 aliphatic carbocycles. The third kappa shape index (κ3) is 2.43. The molecule has 1 aliphatic heterocycles. The molecule has 1 atom stereocenters. The smallest absolute Gasteiger partial charge is 0.279 e. The highest BCUT2D eigenvalue weighted by atomic mass is 32.2. The molecule has 0 saturated heterocycles. The number of hydrogen-bond acceptors (Lipinski definition) is 4. The van der Waals surface area contributed by atoms with E-state index in [1.807, 2.05) is 44.5 Å². The first-order chi connectivity index (χ1) is 10.5. The minimum Gasteiger partial charge on any atom is -0.312 e. The number of amides is 1. The number of fused-ring (bicyclic) bond motifs is 1. The number of thioether (sulfide) groups is 1. The van der Waals surface area contributed by atoms with Crippen molar-refractivity contribution in [2.45, 2.75) is 24.4 Å². The number of carbonyl (C=O) groups excluding carboxylic acids is 1. The molecule has 1 aliphatic rings. The molecule has 114 valence electrons. The van der Waals surface area contributed by atoms with Gasteiger partial charge in [-0.15, -0.1) is 0 Å². The molecule has 22 heavy (non-hydrogen) atoms. The van der Waals surface area contributed by atoms with Crippen molar-refractivity contribution in [2.24, 2.45) is 7.05 Å². The number of aromatic nitrogens is 2. The van der Waals surface area contributed by atoms with Crippen LogP contribution in [0.2, 0.25) is 0 Å². The van der Waals surface area contributed by atoms with Crippen molar-refractivity contribution in [3.8, 4) is 0 Å². The first-order valence-corrected chi connectivity index (χ1v) is 8.25. The number of nitrogens with one attached hydrogen (secondary N) is 1. The van der Waals surface area contributed by atoms with Gasteiger partial charge in [-0.2, -0.15) is 4.98 Å².